The van der Waals surface area contributed by atoms with Gasteiger partial charge in [-0.05, 0) is 82.2 Å². The molecule has 0 saturated heterocycles. The predicted octanol–water partition coefficient (Wildman–Crippen LogP) is 10.1. The zero-order chi connectivity index (χ0) is 31.3. The number of hydrogen-bond acceptors (Lipinski definition) is 4. The van der Waals surface area contributed by atoms with Crippen LogP contribution in [0.25, 0.3) is 83.2 Å². The largest absolute Gasteiger partial charge is 0.309 e. The van der Waals surface area contributed by atoms with Gasteiger partial charge in [0.2, 0.25) is 0 Å². The first-order chi connectivity index (χ1) is 23.2. The van der Waals surface area contributed by atoms with Crippen LogP contribution in [0.2, 0.25) is 0 Å². The van der Waals surface area contributed by atoms with E-state index in [2.05, 4.69) is 102 Å². The number of aromatic nitrogens is 4. The molecule has 5 heteroatoms. The molecule has 5 nitrogen and oxygen atoms in total. The highest BCUT2D eigenvalue weighted by atomic mass is 15.0. The molecule has 0 spiro atoms. The minimum absolute atomic E-state index is 0.588. The lowest BCUT2D eigenvalue weighted by molar-refractivity contribution is 1.08. The Morgan fingerprint density at radius 3 is 1.47 bits per heavy atom. The van der Waals surface area contributed by atoms with E-state index in [1.165, 1.54) is 0 Å². The zero-order valence-electron chi connectivity index (χ0n) is 25.2. The lowest BCUT2D eigenvalue weighted by Crippen LogP contribution is -2.00. The van der Waals surface area contributed by atoms with Crippen LogP contribution in [0, 0.1) is 11.3 Å². The average Bonchev–Trinajstić information content (AvgIpc) is 3.47. The Labute approximate surface area is 270 Å². The van der Waals surface area contributed by atoms with Crippen molar-refractivity contribution in [1.82, 2.24) is 19.5 Å². The van der Waals surface area contributed by atoms with Crippen molar-refractivity contribution < 1.29 is 0 Å². The number of rotatable bonds is 4. The smallest absolute Gasteiger partial charge is 0.164 e. The highest BCUT2D eigenvalue weighted by Gasteiger charge is 2.17. The summed E-state index contributed by atoms with van der Waals surface area (Å²) in [7, 11) is 0. The third kappa shape index (κ3) is 4.59. The second-order valence-corrected chi connectivity index (χ2v) is 11.7. The maximum Gasteiger partial charge on any atom is 0.164 e. The van der Waals surface area contributed by atoms with Gasteiger partial charge in [-0.2, -0.15) is 5.26 Å². The maximum atomic E-state index is 9.75. The molecule has 218 valence electrons. The molecule has 2 heterocycles. The summed E-state index contributed by atoms with van der Waals surface area (Å²) in [4.78, 5) is 15.2. The van der Waals surface area contributed by atoms with Crippen LogP contribution in [0.5, 0.6) is 0 Å². The monoisotopic (exact) mass is 599 g/mol. The summed E-state index contributed by atoms with van der Waals surface area (Å²) in [5, 5.41) is 16.4. The number of fused-ring (bicyclic) bond motifs is 5. The van der Waals surface area contributed by atoms with Gasteiger partial charge in [-0.25, -0.2) is 15.0 Å². The first-order valence-corrected chi connectivity index (χ1v) is 15.5. The second-order valence-electron chi connectivity index (χ2n) is 11.7. The number of nitrogens with zero attached hydrogens (tertiary/aromatic N) is 5. The highest BCUT2D eigenvalue weighted by Crippen LogP contribution is 2.36. The van der Waals surface area contributed by atoms with E-state index in [0.717, 1.165) is 65.7 Å². The molecule has 0 atom stereocenters. The Morgan fingerprint density at radius 1 is 0.426 bits per heavy atom. The summed E-state index contributed by atoms with van der Waals surface area (Å²) >= 11 is 0. The fraction of sp³-hybridized carbons (Fsp3) is 0. The highest BCUT2D eigenvalue weighted by molar-refractivity contribution is 6.10. The van der Waals surface area contributed by atoms with Gasteiger partial charge in [-0.3, -0.25) is 0 Å². The molecule has 0 radical (unpaired) electrons. The first kappa shape index (κ1) is 26.7. The summed E-state index contributed by atoms with van der Waals surface area (Å²) in [6.07, 6.45) is 0. The summed E-state index contributed by atoms with van der Waals surface area (Å²) in [5.74, 6) is 1.82. The molecular formula is C42H25N5. The molecule has 0 saturated carbocycles. The summed E-state index contributed by atoms with van der Waals surface area (Å²) in [6, 6.07) is 54.1. The maximum absolute atomic E-state index is 9.75. The van der Waals surface area contributed by atoms with Crippen molar-refractivity contribution in [3.05, 3.63) is 157 Å². The number of hydrogen-bond donors (Lipinski definition) is 0. The molecule has 0 fully saturated rings. The van der Waals surface area contributed by atoms with Crippen molar-refractivity contribution in [2.75, 3.05) is 0 Å². The molecule has 0 unspecified atom stereocenters. The van der Waals surface area contributed by atoms with Crippen molar-refractivity contribution in [1.29, 1.82) is 5.26 Å². The van der Waals surface area contributed by atoms with E-state index in [1.807, 2.05) is 60.7 Å². The van der Waals surface area contributed by atoms with Gasteiger partial charge in [0.25, 0.3) is 0 Å². The molecule has 47 heavy (non-hydrogen) atoms. The Bertz CT molecular complexity index is 2600. The van der Waals surface area contributed by atoms with E-state index in [-0.39, 0.29) is 0 Å². The van der Waals surface area contributed by atoms with Crippen LogP contribution in [0.3, 0.4) is 0 Å². The molecule has 9 rings (SSSR count). The van der Waals surface area contributed by atoms with Crippen LogP contribution in [-0.4, -0.2) is 19.5 Å². The summed E-state index contributed by atoms with van der Waals surface area (Å²) in [6.45, 7) is 0. The van der Waals surface area contributed by atoms with Gasteiger partial charge in [0.15, 0.2) is 17.5 Å². The third-order valence-electron chi connectivity index (χ3n) is 8.82. The summed E-state index contributed by atoms with van der Waals surface area (Å²) < 4.78 is 2.24. The lowest BCUT2D eigenvalue weighted by atomic mass is 10.0. The van der Waals surface area contributed by atoms with E-state index in [9.17, 15) is 5.26 Å². The van der Waals surface area contributed by atoms with Crippen molar-refractivity contribution in [2.24, 2.45) is 0 Å². The fourth-order valence-electron chi connectivity index (χ4n) is 6.51. The van der Waals surface area contributed by atoms with Crippen LogP contribution < -0.4 is 0 Å². The molecule has 0 aliphatic heterocycles. The molecule has 0 aliphatic rings. The molecule has 7 aromatic carbocycles. The average molecular weight is 600 g/mol. The third-order valence-corrected chi connectivity index (χ3v) is 8.82. The molecule has 0 N–H and O–H groups in total. The minimum Gasteiger partial charge on any atom is -0.309 e. The van der Waals surface area contributed by atoms with E-state index in [4.69, 9.17) is 15.0 Å². The number of benzene rings is 7. The van der Waals surface area contributed by atoms with E-state index < -0.39 is 0 Å². The topological polar surface area (TPSA) is 67.4 Å². The van der Waals surface area contributed by atoms with E-state index in [0.29, 0.717) is 23.0 Å². The normalized spacial score (nSPS) is 11.4. The number of para-hydroxylation sites is 1. The van der Waals surface area contributed by atoms with Crippen LogP contribution in [0.1, 0.15) is 5.56 Å². The van der Waals surface area contributed by atoms with Crippen LogP contribution in [0.15, 0.2) is 152 Å². The Kier molecular flexibility index (Phi) is 6.12. The predicted molar refractivity (Wildman–Crippen MR) is 190 cm³/mol. The van der Waals surface area contributed by atoms with Gasteiger partial charge in [-0.15, -0.1) is 0 Å². The molecule has 2 aromatic heterocycles. The van der Waals surface area contributed by atoms with E-state index in [1.54, 1.807) is 0 Å². The second kappa shape index (κ2) is 10.8. The van der Waals surface area contributed by atoms with Gasteiger partial charge in [0.05, 0.1) is 22.7 Å². The van der Waals surface area contributed by atoms with Crippen molar-refractivity contribution in [3.63, 3.8) is 0 Å². The standard InChI is InChI=1S/C42H25N5/c43-26-27-14-20-38-36(22-27)37-25-34(19-21-39(37)47(38)35-12-2-1-3-13-35)42-45-40(32-17-15-28-8-4-6-10-30(28)23-32)44-41(46-42)33-18-16-29-9-5-7-11-31(29)24-33/h1-25H. The number of nitriles is 1. The minimum atomic E-state index is 0.588. The molecule has 0 aliphatic carbocycles. The molecule has 0 bridgehead atoms. The lowest BCUT2D eigenvalue weighted by Gasteiger charge is -2.10. The molecule has 9 aromatic rings. The Hall–Kier alpha value is -6.64. The quantitative estimate of drug-likeness (QED) is 0.202. The Morgan fingerprint density at radius 2 is 0.894 bits per heavy atom. The van der Waals surface area contributed by atoms with Crippen LogP contribution in [-0.2, 0) is 0 Å². The van der Waals surface area contributed by atoms with Gasteiger partial charge >= 0.3 is 0 Å². The zero-order valence-corrected chi connectivity index (χ0v) is 25.2. The van der Waals surface area contributed by atoms with Gasteiger partial charge in [0, 0.05) is 33.2 Å². The Balaban J connectivity index is 1.28. The summed E-state index contributed by atoms with van der Waals surface area (Å²) in [5.41, 5.74) is 6.48. The van der Waals surface area contributed by atoms with Crippen LogP contribution >= 0.6 is 0 Å². The molecule has 0 amide bonds. The van der Waals surface area contributed by atoms with Gasteiger partial charge in [-0.1, -0.05) is 91.0 Å². The van der Waals surface area contributed by atoms with E-state index >= 15 is 0 Å². The van der Waals surface area contributed by atoms with Crippen molar-refractivity contribution >= 4 is 43.4 Å². The van der Waals surface area contributed by atoms with Crippen LogP contribution in [0.4, 0.5) is 0 Å². The van der Waals surface area contributed by atoms with Crippen molar-refractivity contribution in [2.45, 2.75) is 0 Å². The first-order valence-electron chi connectivity index (χ1n) is 15.5. The molecular weight excluding hydrogens is 574 g/mol. The fourth-order valence-corrected chi connectivity index (χ4v) is 6.51. The SMILES string of the molecule is N#Cc1ccc2c(c1)c1cc(-c3nc(-c4ccc5ccccc5c4)nc(-c4ccc5ccccc5c4)n3)ccc1n2-c1ccccc1. The van der Waals surface area contributed by atoms with Crippen molar-refractivity contribution in [3.8, 4) is 45.9 Å². The van der Waals surface area contributed by atoms with Gasteiger partial charge < -0.3 is 4.57 Å². The van der Waals surface area contributed by atoms with Gasteiger partial charge in [0.1, 0.15) is 0 Å².